The molecule has 0 aliphatic carbocycles. The van der Waals surface area contributed by atoms with Gasteiger partial charge in [-0.3, -0.25) is 0 Å². The van der Waals surface area contributed by atoms with E-state index in [1.807, 2.05) is 0 Å². The number of aliphatic hydroxyl groups is 2. The summed E-state index contributed by atoms with van der Waals surface area (Å²) in [6.45, 7) is 5.44. The Morgan fingerprint density at radius 3 is 2.59 bits per heavy atom. The number of benzene rings is 1. The van der Waals surface area contributed by atoms with E-state index in [9.17, 15) is 13.9 Å². The molecule has 0 bridgehead atoms. The van der Waals surface area contributed by atoms with Crippen LogP contribution < -0.4 is 9.47 Å². The van der Waals surface area contributed by atoms with Gasteiger partial charge in [-0.25, -0.2) is 8.78 Å². The molecule has 1 aliphatic heterocycles. The van der Waals surface area contributed by atoms with E-state index in [4.69, 9.17) is 30.9 Å². The lowest BCUT2D eigenvalue weighted by atomic mass is 10.1. The fourth-order valence-corrected chi connectivity index (χ4v) is 3.30. The number of fused-ring (bicyclic) bond motifs is 1. The molecule has 3 N–H and O–H groups in total. The SMILES string of the molecule is C#C.C=C.OCC(O)C1C[C@H](Oc2nc3nc(OCc4c(F)cccc4F)c(Cl)cc3[nH]2)CO1. The second-order valence-corrected chi connectivity index (χ2v) is 7.18. The number of pyridine rings is 1. The van der Waals surface area contributed by atoms with E-state index < -0.39 is 37.1 Å². The lowest BCUT2D eigenvalue weighted by molar-refractivity contribution is -0.0289. The Bertz CT molecular complexity index is 1090. The molecule has 0 radical (unpaired) electrons. The first-order valence-electron chi connectivity index (χ1n) is 9.97. The van der Waals surface area contributed by atoms with Crippen molar-refractivity contribution in [2.75, 3.05) is 13.2 Å². The third kappa shape index (κ3) is 6.42. The van der Waals surface area contributed by atoms with Crippen LogP contribution in [0, 0.1) is 24.5 Å². The van der Waals surface area contributed by atoms with Gasteiger partial charge in [-0.15, -0.1) is 26.0 Å². The molecular weight excluding hydrogens is 472 g/mol. The molecule has 0 saturated carbocycles. The number of H-pyrrole nitrogens is 1. The van der Waals surface area contributed by atoms with Crippen molar-refractivity contribution < 1.29 is 33.2 Å². The first-order valence-corrected chi connectivity index (χ1v) is 10.3. The molecule has 3 heterocycles. The molecule has 3 aromatic rings. The molecule has 3 atom stereocenters. The van der Waals surface area contributed by atoms with Crippen molar-refractivity contribution in [2.45, 2.75) is 31.3 Å². The van der Waals surface area contributed by atoms with E-state index >= 15 is 0 Å². The van der Waals surface area contributed by atoms with Crippen LogP contribution in [0.25, 0.3) is 11.2 Å². The van der Waals surface area contributed by atoms with Crippen LogP contribution in [-0.2, 0) is 11.3 Å². The molecule has 8 nitrogen and oxygen atoms in total. The second kappa shape index (κ2) is 12.9. The molecular formula is C23H24ClF2N3O5. The molecule has 34 heavy (non-hydrogen) atoms. The van der Waals surface area contributed by atoms with Crippen molar-refractivity contribution in [3.8, 4) is 24.7 Å². The van der Waals surface area contributed by atoms with Gasteiger partial charge in [-0.05, 0) is 18.2 Å². The Labute approximate surface area is 200 Å². The van der Waals surface area contributed by atoms with Crippen molar-refractivity contribution in [3.05, 3.63) is 59.6 Å². The van der Waals surface area contributed by atoms with Gasteiger partial charge in [-0.2, -0.15) is 9.97 Å². The van der Waals surface area contributed by atoms with Gasteiger partial charge >= 0.3 is 0 Å². The number of ether oxygens (including phenoxy) is 3. The normalized spacial score (nSPS) is 17.7. The first kappa shape index (κ1) is 27.0. The smallest absolute Gasteiger partial charge is 0.296 e. The summed E-state index contributed by atoms with van der Waals surface area (Å²) >= 11 is 6.16. The maximum atomic E-state index is 13.8. The summed E-state index contributed by atoms with van der Waals surface area (Å²) in [5.41, 5.74) is 0.483. The number of hydrogen-bond donors (Lipinski definition) is 3. The summed E-state index contributed by atoms with van der Waals surface area (Å²) in [6.07, 6.45) is 6.52. The molecule has 1 saturated heterocycles. The highest BCUT2D eigenvalue weighted by Gasteiger charge is 2.32. The van der Waals surface area contributed by atoms with E-state index in [1.165, 1.54) is 12.1 Å². The third-order valence-corrected chi connectivity index (χ3v) is 4.94. The summed E-state index contributed by atoms with van der Waals surface area (Å²) in [6, 6.07) is 5.21. The van der Waals surface area contributed by atoms with Crippen LogP contribution in [0.4, 0.5) is 8.78 Å². The predicted molar refractivity (Wildman–Crippen MR) is 123 cm³/mol. The van der Waals surface area contributed by atoms with Gasteiger partial charge in [0.2, 0.25) is 5.88 Å². The lowest BCUT2D eigenvalue weighted by Gasteiger charge is -2.14. The molecule has 1 aromatic carbocycles. The van der Waals surface area contributed by atoms with Crippen molar-refractivity contribution in [1.82, 2.24) is 15.0 Å². The Balaban J connectivity index is 0.000000970. The summed E-state index contributed by atoms with van der Waals surface area (Å²) in [4.78, 5) is 11.3. The van der Waals surface area contributed by atoms with Gasteiger partial charge in [0, 0.05) is 6.42 Å². The summed E-state index contributed by atoms with van der Waals surface area (Å²) in [5.74, 6) is -1.49. The van der Waals surface area contributed by atoms with Gasteiger partial charge in [0.1, 0.15) is 35.5 Å². The largest absolute Gasteiger partial charge is 0.471 e. The first-order chi connectivity index (χ1) is 16.4. The van der Waals surface area contributed by atoms with Crippen LogP contribution in [0.5, 0.6) is 11.9 Å². The molecule has 0 spiro atoms. The average Bonchev–Trinajstić information content (AvgIpc) is 3.47. The van der Waals surface area contributed by atoms with Crippen molar-refractivity contribution in [3.63, 3.8) is 0 Å². The number of halogens is 3. The van der Waals surface area contributed by atoms with Crippen LogP contribution in [0.15, 0.2) is 37.4 Å². The van der Waals surface area contributed by atoms with E-state index in [-0.39, 0.29) is 40.8 Å². The monoisotopic (exact) mass is 495 g/mol. The zero-order valence-corrected chi connectivity index (χ0v) is 18.8. The van der Waals surface area contributed by atoms with Gasteiger partial charge in [-0.1, -0.05) is 17.7 Å². The zero-order valence-electron chi connectivity index (χ0n) is 18.1. The number of terminal acetylenes is 1. The summed E-state index contributed by atoms with van der Waals surface area (Å²) in [7, 11) is 0. The van der Waals surface area contributed by atoms with Gasteiger partial charge in [0.15, 0.2) is 5.65 Å². The Morgan fingerprint density at radius 1 is 1.26 bits per heavy atom. The molecule has 1 aliphatic rings. The van der Waals surface area contributed by atoms with Gasteiger partial charge in [0.25, 0.3) is 6.01 Å². The highest BCUT2D eigenvalue weighted by Crippen LogP contribution is 2.29. The topological polar surface area (TPSA) is 110 Å². The Morgan fingerprint density at radius 2 is 1.94 bits per heavy atom. The molecule has 1 fully saturated rings. The highest BCUT2D eigenvalue weighted by molar-refractivity contribution is 6.32. The van der Waals surface area contributed by atoms with Crippen molar-refractivity contribution >= 4 is 22.8 Å². The zero-order chi connectivity index (χ0) is 25.3. The second-order valence-electron chi connectivity index (χ2n) is 6.77. The highest BCUT2D eigenvalue weighted by atomic mass is 35.5. The third-order valence-electron chi connectivity index (χ3n) is 4.67. The molecule has 182 valence electrons. The summed E-state index contributed by atoms with van der Waals surface area (Å²) in [5, 5.41) is 18.8. The quantitative estimate of drug-likeness (QED) is 0.340. The summed E-state index contributed by atoms with van der Waals surface area (Å²) < 4.78 is 44.0. The maximum absolute atomic E-state index is 13.8. The van der Waals surface area contributed by atoms with E-state index in [0.29, 0.717) is 11.9 Å². The van der Waals surface area contributed by atoms with Crippen LogP contribution >= 0.6 is 11.6 Å². The van der Waals surface area contributed by atoms with E-state index in [2.05, 4.69) is 41.0 Å². The van der Waals surface area contributed by atoms with Crippen molar-refractivity contribution in [2.24, 2.45) is 0 Å². The fraction of sp³-hybridized carbons (Fsp3) is 0.304. The minimum Gasteiger partial charge on any atom is -0.471 e. The van der Waals surface area contributed by atoms with Gasteiger partial charge in [0.05, 0.1) is 30.4 Å². The Kier molecular flexibility index (Phi) is 10.2. The molecule has 0 amide bonds. The number of aliphatic hydroxyl groups excluding tert-OH is 2. The molecule has 2 unspecified atom stereocenters. The number of imidazole rings is 1. The van der Waals surface area contributed by atoms with Gasteiger partial charge < -0.3 is 29.4 Å². The molecule has 4 rings (SSSR count). The number of nitrogens with one attached hydrogen (secondary N) is 1. The minimum absolute atomic E-state index is 0.0276. The number of hydrogen-bond acceptors (Lipinski definition) is 7. The van der Waals surface area contributed by atoms with E-state index in [0.717, 1.165) is 12.1 Å². The molecule has 11 heteroatoms. The predicted octanol–water partition coefficient (Wildman–Crippen LogP) is 3.41. The molecule has 2 aromatic heterocycles. The van der Waals surface area contributed by atoms with Crippen LogP contribution in [0.1, 0.15) is 12.0 Å². The minimum atomic E-state index is -0.978. The lowest BCUT2D eigenvalue weighted by Crippen LogP contribution is -2.29. The van der Waals surface area contributed by atoms with Crippen molar-refractivity contribution in [1.29, 1.82) is 0 Å². The number of nitrogens with zero attached hydrogens (tertiary/aromatic N) is 2. The fourth-order valence-electron chi connectivity index (χ4n) is 3.10. The van der Waals surface area contributed by atoms with E-state index in [1.54, 1.807) is 0 Å². The average molecular weight is 496 g/mol. The number of rotatable bonds is 7. The Hall–Kier alpha value is -3.23. The standard InChI is InChI=1S/C19H18ClF2N3O5.C2H4.C2H2/c20-11-5-14-17(24-18(11)29-8-10-12(21)2-1-3-13(10)22)25-19(23-14)30-9-4-16(28-7-9)15(27)6-26;2*1-2/h1-3,5,9,15-16,26-27H,4,6-8H2,(H,23,24,25);1-2H2;1-2H/t9-,15?,16?;;/m0../s1. The van der Waals surface area contributed by atoms with Crippen LogP contribution in [0.3, 0.4) is 0 Å². The van der Waals surface area contributed by atoms with Crippen LogP contribution in [-0.4, -0.2) is 56.7 Å². The van der Waals surface area contributed by atoms with Crippen LogP contribution in [0.2, 0.25) is 5.02 Å². The number of aromatic nitrogens is 3. The maximum Gasteiger partial charge on any atom is 0.296 e. The number of aromatic amines is 1.